The van der Waals surface area contributed by atoms with Gasteiger partial charge in [0.05, 0.1) is 10.7 Å². The van der Waals surface area contributed by atoms with Gasteiger partial charge in [-0.25, -0.2) is 4.98 Å². The van der Waals surface area contributed by atoms with Crippen LogP contribution in [0.3, 0.4) is 0 Å². The van der Waals surface area contributed by atoms with Gasteiger partial charge in [-0.05, 0) is 38.0 Å². The fourth-order valence-corrected chi connectivity index (χ4v) is 5.38. The molecule has 0 radical (unpaired) electrons. The van der Waals surface area contributed by atoms with Gasteiger partial charge in [0.1, 0.15) is 11.5 Å². The summed E-state index contributed by atoms with van der Waals surface area (Å²) >= 11 is 3.63. The second-order valence-corrected chi connectivity index (χ2v) is 9.28. The van der Waals surface area contributed by atoms with Crippen molar-refractivity contribution < 1.29 is 4.74 Å². The highest BCUT2D eigenvalue weighted by Gasteiger charge is 2.17. The van der Waals surface area contributed by atoms with E-state index in [1.807, 2.05) is 55.2 Å². The second kappa shape index (κ2) is 8.89. The minimum atomic E-state index is 0.703. The molecule has 1 aliphatic rings. The van der Waals surface area contributed by atoms with E-state index in [2.05, 4.69) is 16.4 Å². The van der Waals surface area contributed by atoms with Crippen LogP contribution in [0.1, 0.15) is 48.5 Å². The molecule has 3 nitrogen and oxygen atoms in total. The second-order valence-electron chi connectivity index (χ2n) is 6.97. The zero-order valence-corrected chi connectivity index (χ0v) is 17.2. The van der Waals surface area contributed by atoms with Gasteiger partial charge in [-0.15, -0.1) is 23.1 Å². The van der Waals surface area contributed by atoms with Crippen LogP contribution in [0.2, 0.25) is 0 Å². The van der Waals surface area contributed by atoms with Gasteiger partial charge in [0.25, 0.3) is 0 Å². The minimum Gasteiger partial charge on any atom is -0.455 e. The summed E-state index contributed by atoms with van der Waals surface area (Å²) < 4.78 is 6.22. The molecule has 0 amide bonds. The van der Waals surface area contributed by atoms with Gasteiger partial charge in [0, 0.05) is 33.8 Å². The summed E-state index contributed by atoms with van der Waals surface area (Å²) in [4.78, 5) is 10.6. The summed E-state index contributed by atoms with van der Waals surface area (Å²) in [6.45, 7) is 2.03. The maximum absolute atomic E-state index is 6.22. The molecule has 1 saturated carbocycles. The van der Waals surface area contributed by atoms with Gasteiger partial charge >= 0.3 is 0 Å². The van der Waals surface area contributed by atoms with Crippen molar-refractivity contribution in [3.63, 3.8) is 0 Å². The van der Waals surface area contributed by atoms with Crippen molar-refractivity contribution in [3.8, 4) is 11.5 Å². The largest absolute Gasteiger partial charge is 0.455 e. The Labute approximate surface area is 169 Å². The van der Waals surface area contributed by atoms with E-state index in [9.17, 15) is 0 Å². The van der Waals surface area contributed by atoms with Gasteiger partial charge in [-0.2, -0.15) is 0 Å². The molecule has 27 heavy (non-hydrogen) atoms. The van der Waals surface area contributed by atoms with Crippen LogP contribution >= 0.6 is 23.1 Å². The number of aromatic nitrogens is 2. The molecule has 2 aromatic heterocycles. The van der Waals surface area contributed by atoms with E-state index in [0.717, 1.165) is 27.9 Å². The number of aryl methyl sites for hydroxylation is 1. The molecule has 1 aromatic carbocycles. The zero-order chi connectivity index (χ0) is 18.5. The van der Waals surface area contributed by atoms with Crippen LogP contribution in [0.25, 0.3) is 0 Å². The van der Waals surface area contributed by atoms with E-state index in [-0.39, 0.29) is 0 Å². The first kappa shape index (κ1) is 18.5. The number of thiazole rings is 1. The quantitative estimate of drug-likeness (QED) is 0.467. The number of para-hydroxylation sites is 1. The monoisotopic (exact) mass is 396 g/mol. The van der Waals surface area contributed by atoms with Crippen LogP contribution in [-0.4, -0.2) is 15.2 Å². The van der Waals surface area contributed by atoms with Gasteiger partial charge in [-0.1, -0.05) is 37.5 Å². The van der Waals surface area contributed by atoms with Gasteiger partial charge in [0.2, 0.25) is 0 Å². The van der Waals surface area contributed by atoms with Crippen LogP contribution in [0.5, 0.6) is 11.5 Å². The minimum absolute atomic E-state index is 0.703. The maximum atomic E-state index is 6.22. The number of nitrogens with zero attached hydrogens (tertiary/aromatic N) is 2. The smallest absolute Gasteiger partial charge is 0.150 e. The number of hydrogen-bond acceptors (Lipinski definition) is 5. The molecule has 140 valence electrons. The molecule has 0 saturated heterocycles. The lowest BCUT2D eigenvalue weighted by Crippen LogP contribution is -2.08. The van der Waals surface area contributed by atoms with E-state index in [1.165, 1.54) is 37.0 Å². The Bertz CT molecular complexity index is 873. The Morgan fingerprint density at radius 2 is 1.96 bits per heavy atom. The number of thioether (sulfide) groups is 1. The third kappa shape index (κ3) is 5.11. The Hall–Kier alpha value is -1.85. The molecule has 0 bridgehead atoms. The summed E-state index contributed by atoms with van der Waals surface area (Å²) in [6.07, 6.45) is 9.39. The molecular formula is C22H24N2OS2. The summed E-state index contributed by atoms with van der Waals surface area (Å²) in [7, 11) is 0. The lowest BCUT2D eigenvalue weighted by Gasteiger charge is -2.21. The number of pyridine rings is 1. The van der Waals surface area contributed by atoms with Crippen molar-refractivity contribution in [2.45, 2.75) is 55.6 Å². The predicted octanol–water partition coefficient (Wildman–Crippen LogP) is 6.65. The van der Waals surface area contributed by atoms with E-state index in [1.54, 1.807) is 11.3 Å². The van der Waals surface area contributed by atoms with E-state index in [4.69, 9.17) is 9.72 Å². The molecule has 2 heterocycles. The lowest BCUT2D eigenvalue weighted by atomic mass is 10.0. The first-order valence-corrected chi connectivity index (χ1v) is 11.3. The predicted molar refractivity (Wildman–Crippen MR) is 113 cm³/mol. The molecule has 0 N–H and O–H groups in total. The van der Waals surface area contributed by atoms with Crippen LogP contribution in [0.15, 0.2) is 52.9 Å². The average molecular weight is 397 g/mol. The summed E-state index contributed by atoms with van der Waals surface area (Å²) in [5.74, 6) is 1.69. The van der Waals surface area contributed by atoms with Crippen LogP contribution in [-0.2, 0) is 6.42 Å². The molecule has 0 spiro atoms. The summed E-state index contributed by atoms with van der Waals surface area (Å²) in [6, 6.07) is 12.1. The Morgan fingerprint density at radius 3 is 2.70 bits per heavy atom. The van der Waals surface area contributed by atoms with Gasteiger partial charge in [-0.3, -0.25) is 4.98 Å². The third-order valence-corrected chi connectivity index (χ3v) is 6.98. The Morgan fingerprint density at radius 1 is 1.15 bits per heavy atom. The molecule has 3 aromatic rings. The van der Waals surface area contributed by atoms with E-state index in [0.29, 0.717) is 11.7 Å². The molecule has 1 aliphatic carbocycles. The normalized spacial score (nSPS) is 15.0. The highest BCUT2D eigenvalue weighted by atomic mass is 32.2. The highest BCUT2D eigenvalue weighted by molar-refractivity contribution is 8.00. The molecule has 0 atom stereocenters. The number of hydrogen-bond donors (Lipinski definition) is 0. The van der Waals surface area contributed by atoms with Crippen molar-refractivity contribution in [2.75, 3.05) is 0 Å². The van der Waals surface area contributed by atoms with Crippen LogP contribution in [0, 0.1) is 6.92 Å². The third-order valence-electron chi connectivity index (χ3n) is 4.72. The van der Waals surface area contributed by atoms with E-state index >= 15 is 0 Å². The fraction of sp³-hybridized carbons (Fsp3) is 0.364. The fourth-order valence-electron chi connectivity index (χ4n) is 3.36. The molecule has 5 heteroatoms. The van der Waals surface area contributed by atoms with Crippen LogP contribution in [0.4, 0.5) is 0 Å². The average Bonchev–Trinajstić information content (AvgIpc) is 3.10. The first-order valence-electron chi connectivity index (χ1n) is 9.56. The number of benzene rings is 1. The molecule has 1 fully saturated rings. The zero-order valence-electron chi connectivity index (χ0n) is 15.6. The topological polar surface area (TPSA) is 35.0 Å². The van der Waals surface area contributed by atoms with Crippen molar-refractivity contribution in [2.24, 2.45) is 0 Å². The van der Waals surface area contributed by atoms with Gasteiger partial charge < -0.3 is 4.74 Å². The lowest BCUT2D eigenvalue weighted by molar-refractivity contribution is 0.472. The molecule has 0 unspecified atom stereocenters. The van der Waals surface area contributed by atoms with E-state index < -0.39 is 0 Å². The van der Waals surface area contributed by atoms with Crippen molar-refractivity contribution in [1.82, 2.24) is 9.97 Å². The van der Waals surface area contributed by atoms with Crippen molar-refractivity contribution >= 4 is 23.1 Å². The Kier molecular flexibility index (Phi) is 6.10. The number of ether oxygens (including phenoxy) is 1. The molecule has 4 rings (SSSR count). The number of rotatable bonds is 6. The van der Waals surface area contributed by atoms with Crippen LogP contribution < -0.4 is 4.74 Å². The summed E-state index contributed by atoms with van der Waals surface area (Å²) in [5, 5.41) is 3.86. The molecular weight excluding hydrogens is 372 g/mol. The molecule has 0 aliphatic heterocycles. The SMILES string of the molecule is Cc1csc(Cc2ncc(SC3CCCCC3)cc2Oc2ccccc2)n1. The Balaban J connectivity index is 1.58. The van der Waals surface area contributed by atoms with Gasteiger partial charge in [0.15, 0.2) is 0 Å². The maximum Gasteiger partial charge on any atom is 0.150 e. The highest BCUT2D eigenvalue weighted by Crippen LogP contribution is 2.36. The van der Waals surface area contributed by atoms with Crippen molar-refractivity contribution in [1.29, 1.82) is 0 Å². The first-order chi connectivity index (χ1) is 13.3. The standard InChI is InChI=1S/C22H24N2OS2/c1-16-15-26-22(24-16)13-20-21(25-17-8-4-2-5-9-17)12-19(14-23-20)27-18-10-6-3-7-11-18/h2,4-5,8-9,12,14-15,18H,3,6-7,10-11,13H2,1H3. The van der Waals surface area contributed by atoms with Crippen molar-refractivity contribution in [3.05, 3.63) is 64.4 Å². The summed E-state index contributed by atoms with van der Waals surface area (Å²) in [5.41, 5.74) is 2.01.